The highest BCUT2D eigenvalue weighted by Gasteiger charge is 2.43. The van der Waals surface area contributed by atoms with Gasteiger partial charge >= 0.3 is 0 Å². The summed E-state index contributed by atoms with van der Waals surface area (Å²) in [5.74, 6) is 0. The van der Waals surface area contributed by atoms with Gasteiger partial charge in [-0.25, -0.2) is 0 Å². The van der Waals surface area contributed by atoms with Gasteiger partial charge in [-0.2, -0.15) is 4.58 Å². The zero-order valence-corrected chi connectivity index (χ0v) is 25.5. The van der Waals surface area contributed by atoms with Crippen LogP contribution in [-0.2, 0) is 10.8 Å². The van der Waals surface area contributed by atoms with Crippen molar-refractivity contribution in [3.63, 3.8) is 0 Å². The maximum absolute atomic E-state index is 7.10. The number of nitrogens with zero attached hydrogens (tertiary/aromatic N) is 1. The smallest absolute Gasteiger partial charge is 0.209 e. The molecule has 2 aliphatic rings. The van der Waals surface area contributed by atoms with Crippen molar-refractivity contribution in [2.45, 2.75) is 84.5 Å². The fraction of sp³-hybridized carbons (Fsp3) is 0.417. The predicted octanol–water partition coefficient (Wildman–Crippen LogP) is 9.49. The molecule has 0 amide bonds. The van der Waals surface area contributed by atoms with Crippen LogP contribution in [0.15, 0.2) is 101 Å². The average molecular weight is 542 g/mol. The third-order valence-electron chi connectivity index (χ3n) is 8.33. The summed E-state index contributed by atoms with van der Waals surface area (Å²) in [5.41, 5.74) is 8.95. The van der Waals surface area contributed by atoms with E-state index in [0.29, 0.717) is 0 Å². The molecule has 1 heterocycles. The van der Waals surface area contributed by atoms with Crippen molar-refractivity contribution < 1.29 is 4.58 Å². The largest absolute Gasteiger partial charge is 0.388 e. The predicted molar refractivity (Wildman–Crippen MR) is 169 cm³/mol. The van der Waals surface area contributed by atoms with Crippen LogP contribution in [-0.4, -0.2) is 23.4 Å². The third kappa shape index (κ3) is 6.17. The second kappa shape index (κ2) is 12.6. The Morgan fingerprint density at radius 2 is 1.69 bits per heavy atom. The van der Waals surface area contributed by atoms with E-state index in [1.54, 1.807) is 0 Å². The van der Waals surface area contributed by atoms with E-state index < -0.39 is 0 Å². The third-order valence-corrected chi connectivity index (χ3v) is 8.82. The fourth-order valence-corrected chi connectivity index (χ4v) is 6.25. The highest BCUT2D eigenvalue weighted by Crippen LogP contribution is 2.41. The normalized spacial score (nSPS) is 18.8. The molecule has 2 nitrogen and oxygen atoms in total. The van der Waals surface area contributed by atoms with E-state index in [0.717, 1.165) is 50.2 Å². The second-order valence-electron chi connectivity index (χ2n) is 11.9. The van der Waals surface area contributed by atoms with Crippen molar-refractivity contribution in [2.75, 3.05) is 13.1 Å². The van der Waals surface area contributed by atoms with Crippen LogP contribution in [0.3, 0.4) is 0 Å². The van der Waals surface area contributed by atoms with E-state index in [-0.39, 0.29) is 10.8 Å². The highest BCUT2D eigenvalue weighted by molar-refractivity contribution is 6.32. The number of halogens is 1. The molecule has 0 saturated carbocycles. The molecule has 0 atom stereocenters. The van der Waals surface area contributed by atoms with Gasteiger partial charge in [0.25, 0.3) is 0 Å². The van der Waals surface area contributed by atoms with Gasteiger partial charge < -0.3 is 5.32 Å². The molecule has 0 bridgehead atoms. The van der Waals surface area contributed by atoms with E-state index in [1.807, 2.05) is 0 Å². The Labute approximate surface area is 241 Å². The lowest BCUT2D eigenvalue weighted by Gasteiger charge is -2.30. The number of fused-ring (bicyclic) bond motifs is 1. The van der Waals surface area contributed by atoms with E-state index in [1.165, 1.54) is 39.4 Å². The molecular weight excluding hydrogens is 496 g/mol. The summed E-state index contributed by atoms with van der Waals surface area (Å²) < 4.78 is 2.50. The molecule has 0 fully saturated rings. The number of para-hydroxylation sites is 1. The van der Waals surface area contributed by atoms with Gasteiger partial charge in [0.1, 0.15) is 6.54 Å². The summed E-state index contributed by atoms with van der Waals surface area (Å²) in [6, 6.07) is 19.6. The van der Waals surface area contributed by atoms with Crippen LogP contribution < -0.4 is 5.32 Å². The minimum Gasteiger partial charge on any atom is -0.388 e. The van der Waals surface area contributed by atoms with Crippen molar-refractivity contribution >= 4 is 23.0 Å². The second-order valence-corrected chi connectivity index (χ2v) is 12.3. The number of hydrogen-bond donors (Lipinski definition) is 1. The quantitative estimate of drug-likeness (QED) is 0.296. The first kappa shape index (κ1) is 29.2. The SMILES string of the molecule is CCCN/C(=C/C=C1\CCCC(/C=C/C2=[N+](CCC)c3ccccc3C2(C)C)=C1Cl)C(C)(C)c1ccccc1. The Hall–Kier alpha value is -2.84. The maximum atomic E-state index is 7.10. The average Bonchev–Trinajstić information content (AvgIpc) is 3.15. The molecule has 0 radical (unpaired) electrons. The van der Waals surface area contributed by atoms with Crippen LogP contribution >= 0.6 is 11.6 Å². The van der Waals surface area contributed by atoms with Crippen LogP contribution in [0, 0.1) is 0 Å². The van der Waals surface area contributed by atoms with Crippen molar-refractivity contribution in [1.29, 1.82) is 0 Å². The van der Waals surface area contributed by atoms with Gasteiger partial charge in [-0.05, 0) is 62.3 Å². The first-order chi connectivity index (χ1) is 18.7. The number of hydrogen-bond acceptors (Lipinski definition) is 1. The Morgan fingerprint density at radius 1 is 0.974 bits per heavy atom. The lowest BCUT2D eigenvalue weighted by atomic mass is 9.80. The van der Waals surface area contributed by atoms with Gasteiger partial charge in [0.2, 0.25) is 5.69 Å². The summed E-state index contributed by atoms with van der Waals surface area (Å²) in [5, 5.41) is 4.62. The minimum absolute atomic E-state index is 0.0335. The van der Waals surface area contributed by atoms with E-state index in [2.05, 4.69) is 130 Å². The van der Waals surface area contributed by atoms with Crippen molar-refractivity contribution in [3.05, 3.63) is 112 Å². The number of benzene rings is 2. The fourth-order valence-electron chi connectivity index (χ4n) is 5.94. The molecule has 1 aliphatic carbocycles. The van der Waals surface area contributed by atoms with Gasteiger partial charge in [-0.15, -0.1) is 0 Å². The van der Waals surface area contributed by atoms with Crippen LogP contribution in [0.5, 0.6) is 0 Å². The Morgan fingerprint density at radius 3 is 2.41 bits per heavy atom. The Balaban J connectivity index is 1.67. The molecule has 0 unspecified atom stereocenters. The molecule has 1 N–H and O–H groups in total. The summed E-state index contributed by atoms with van der Waals surface area (Å²) in [7, 11) is 0. The zero-order valence-electron chi connectivity index (χ0n) is 24.8. The molecular formula is C36H46ClN2+. The van der Waals surface area contributed by atoms with Crippen LogP contribution in [0.2, 0.25) is 0 Å². The summed E-state index contributed by atoms with van der Waals surface area (Å²) in [6.07, 6.45) is 14.5. The molecule has 0 aromatic heterocycles. The van der Waals surface area contributed by atoms with Gasteiger partial charge in [0.15, 0.2) is 5.71 Å². The monoisotopic (exact) mass is 541 g/mol. The standard InChI is InChI=1S/C36H45ClN2/c1-7-25-38-32(35(3,4)29-17-10-9-11-18-29)23-21-27-15-14-16-28(34(27)37)22-24-33-36(5,6)30-19-12-13-20-31(30)39(33)26-8-2/h9-13,17-24H,7-8,14-16,25-26H2,1-6H3/p+1. The Bertz CT molecular complexity index is 1320. The number of allylic oxidation sites excluding steroid dienone is 8. The highest BCUT2D eigenvalue weighted by atomic mass is 35.5. The Kier molecular flexibility index (Phi) is 9.39. The topological polar surface area (TPSA) is 15.0 Å². The molecule has 0 saturated heterocycles. The lowest BCUT2D eigenvalue weighted by molar-refractivity contribution is -0.437. The summed E-state index contributed by atoms with van der Waals surface area (Å²) >= 11 is 7.10. The van der Waals surface area contributed by atoms with Gasteiger partial charge in [0, 0.05) is 46.8 Å². The van der Waals surface area contributed by atoms with Crippen molar-refractivity contribution in [3.8, 4) is 0 Å². The maximum Gasteiger partial charge on any atom is 0.209 e. The van der Waals surface area contributed by atoms with Gasteiger partial charge in [0.05, 0.1) is 5.41 Å². The van der Waals surface area contributed by atoms with Crippen LogP contribution in [0.4, 0.5) is 5.69 Å². The molecule has 4 rings (SSSR count). The summed E-state index contributed by atoms with van der Waals surface area (Å²) in [6.45, 7) is 15.7. The number of rotatable bonds is 10. The van der Waals surface area contributed by atoms with E-state index >= 15 is 0 Å². The molecule has 2 aromatic carbocycles. The van der Waals surface area contributed by atoms with Crippen molar-refractivity contribution in [2.24, 2.45) is 0 Å². The summed E-state index contributed by atoms with van der Waals surface area (Å²) in [4.78, 5) is 0. The van der Waals surface area contributed by atoms with Gasteiger partial charge in [-0.1, -0.05) is 100.0 Å². The van der Waals surface area contributed by atoms with E-state index in [4.69, 9.17) is 11.6 Å². The van der Waals surface area contributed by atoms with E-state index in [9.17, 15) is 0 Å². The number of nitrogens with one attached hydrogen (secondary N) is 1. The molecule has 0 spiro atoms. The molecule has 206 valence electrons. The van der Waals surface area contributed by atoms with Crippen LogP contribution in [0.25, 0.3) is 0 Å². The molecule has 3 heteroatoms. The molecule has 2 aromatic rings. The first-order valence-corrected chi connectivity index (χ1v) is 15.1. The lowest BCUT2D eigenvalue weighted by Crippen LogP contribution is -2.31. The van der Waals surface area contributed by atoms with Crippen LogP contribution in [0.1, 0.15) is 84.8 Å². The first-order valence-electron chi connectivity index (χ1n) is 14.7. The molecule has 39 heavy (non-hydrogen) atoms. The zero-order chi connectivity index (χ0) is 28.0. The minimum atomic E-state index is -0.122. The van der Waals surface area contributed by atoms with Crippen molar-refractivity contribution in [1.82, 2.24) is 5.32 Å². The van der Waals surface area contributed by atoms with Gasteiger partial charge in [-0.3, -0.25) is 0 Å². The molecule has 1 aliphatic heterocycles.